The van der Waals surface area contributed by atoms with Gasteiger partial charge in [0.05, 0.1) is 6.10 Å². The monoisotopic (exact) mass is 200 g/mol. The Morgan fingerprint density at radius 3 is 2.71 bits per heavy atom. The van der Waals surface area contributed by atoms with Crippen molar-refractivity contribution in [2.45, 2.75) is 45.3 Å². The first kappa shape index (κ1) is 12.0. The van der Waals surface area contributed by atoms with Crippen molar-refractivity contribution in [2.24, 2.45) is 11.1 Å². The molecule has 0 amide bonds. The van der Waals surface area contributed by atoms with Crippen molar-refractivity contribution in [3.63, 3.8) is 0 Å². The molecule has 0 aromatic carbocycles. The number of nitrogens with one attached hydrogen (secondary N) is 1. The predicted molar refractivity (Wildman–Crippen MR) is 59.3 cm³/mol. The zero-order valence-corrected chi connectivity index (χ0v) is 9.68. The van der Waals surface area contributed by atoms with Crippen LogP contribution in [-0.4, -0.2) is 32.3 Å². The number of nitrogens with two attached hydrogens (primary N) is 1. The molecular formula is C11H24N2O. The summed E-state index contributed by atoms with van der Waals surface area (Å²) in [6.45, 7) is 6.16. The summed E-state index contributed by atoms with van der Waals surface area (Å²) in [5.41, 5.74) is 6.07. The van der Waals surface area contributed by atoms with Gasteiger partial charge in [0.2, 0.25) is 0 Å². The second-order valence-corrected chi connectivity index (χ2v) is 5.11. The van der Waals surface area contributed by atoms with Gasteiger partial charge in [0, 0.05) is 26.2 Å². The maximum Gasteiger partial charge on any atom is 0.0817 e. The van der Waals surface area contributed by atoms with Crippen LogP contribution in [0.2, 0.25) is 0 Å². The second kappa shape index (κ2) is 5.10. The van der Waals surface area contributed by atoms with Crippen LogP contribution in [0.15, 0.2) is 0 Å². The molecule has 1 aliphatic rings. The Balaban J connectivity index is 2.20. The highest BCUT2D eigenvalue weighted by atomic mass is 16.5. The third kappa shape index (κ3) is 3.56. The lowest BCUT2D eigenvalue weighted by Gasteiger charge is -2.20. The largest absolute Gasteiger partial charge is 0.379 e. The zero-order chi connectivity index (χ0) is 10.6. The molecule has 1 aliphatic carbocycles. The summed E-state index contributed by atoms with van der Waals surface area (Å²) < 4.78 is 5.22. The number of methoxy groups -OCH3 is 1. The fourth-order valence-corrected chi connectivity index (χ4v) is 2.17. The topological polar surface area (TPSA) is 47.3 Å². The predicted octanol–water partition coefficient (Wildman–Crippen LogP) is 1.13. The van der Waals surface area contributed by atoms with E-state index in [0.717, 1.165) is 6.54 Å². The van der Waals surface area contributed by atoms with Gasteiger partial charge in [-0.25, -0.2) is 0 Å². The van der Waals surface area contributed by atoms with Gasteiger partial charge in [-0.2, -0.15) is 0 Å². The molecule has 3 nitrogen and oxygen atoms in total. The number of hydrogen-bond donors (Lipinski definition) is 2. The van der Waals surface area contributed by atoms with Crippen molar-refractivity contribution in [3.05, 3.63) is 0 Å². The van der Waals surface area contributed by atoms with Gasteiger partial charge in [-0.1, -0.05) is 13.8 Å². The van der Waals surface area contributed by atoms with Gasteiger partial charge in [-0.15, -0.1) is 0 Å². The molecule has 2 atom stereocenters. The lowest BCUT2D eigenvalue weighted by atomic mass is 9.92. The molecular weight excluding hydrogens is 176 g/mol. The first-order valence-electron chi connectivity index (χ1n) is 5.53. The molecule has 3 N–H and O–H groups in total. The molecule has 0 aromatic heterocycles. The van der Waals surface area contributed by atoms with E-state index in [1.807, 2.05) is 0 Å². The Morgan fingerprint density at radius 2 is 2.29 bits per heavy atom. The molecule has 1 fully saturated rings. The van der Waals surface area contributed by atoms with Crippen molar-refractivity contribution in [2.75, 3.05) is 20.2 Å². The SMILES string of the molecule is COC(CN)CNC1CCC(C)(C)C1. The molecule has 1 saturated carbocycles. The van der Waals surface area contributed by atoms with Gasteiger partial charge in [-0.05, 0) is 24.7 Å². The quantitative estimate of drug-likeness (QED) is 0.699. The van der Waals surface area contributed by atoms with E-state index in [2.05, 4.69) is 19.2 Å². The van der Waals surface area contributed by atoms with Crippen LogP contribution in [0, 0.1) is 5.41 Å². The van der Waals surface area contributed by atoms with Crippen LogP contribution in [0.25, 0.3) is 0 Å². The highest BCUT2D eigenvalue weighted by molar-refractivity contribution is 4.86. The average Bonchev–Trinajstić information content (AvgIpc) is 2.47. The van der Waals surface area contributed by atoms with Crippen LogP contribution in [0.4, 0.5) is 0 Å². The lowest BCUT2D eigenvalue weighted by Crippen LogP contribution is -2.39. The maximum absolute atomic E-state index is 5.56. The van der Waals surface area contributed by atoms with E-state index in [0.29, 0.717) is 18.0 Å². The Hall–Kier alpha value is -0.120. The van der Waals surface area contributed by atoms with Gasteiger partial charge in [0.1, 0.15) is 0 Å². The molecule has 0 bridgehead atoms. The van der Waals surface area contributed by atoms with Gasteiger partial charge in [0.15, 0.2) is 0 Å². The molecule has 0 heterocycles. The summed E-state index contributed by atoms with van der Waals surface area (Å²) in [5, 5.41) is 3.53. The zero-order valence-electron chi connectivity index (χ0n) is 9.68. The Kier molecular flexibility index (Phi) is 4.35. The molecule has 0 aromatic rings. The summed E-state index contributed by atoms with van der Waals surface area (Å²) in [4.78, 5) is 0. The number of ether oxygens (including phenoxy) is 1. The molecule has 0 aliphatic heterocycles. The highest BCUT2D eigenvalue weighted by Gasteiger charge is 2.30. The highest BCUT2D eigenvalue weighted by Crippen LogP contribution is 2.36. The van der Waals surface area contributed by atoms with Crippen LogP contribution in [0.1, 0.15) is 33.1 Å². The van der Waals surface area contributed by atoms with Gasteiger partial charge in [-0.3, -0.25) is 0 Å². The fraction of sp³-hybridized carbons (Fsp3) is 1.00. The van der Waals surface area contributed by atoms with E-state index in [4.69, 9.17) is 10.5 Å². The van der Waals surface area contributed by atoms with Crippen molar-refractivity contribution < 1.29 is 4.74 Å². The van der Waals surface area contributed by atoms with Crippen LogP contribution >= 0.6 is 0 Å². The van der Waals surface area contributed by atoms with Crippen LogP contribution < -0.4 is 11.1 Å². The molecule has 0 saturated heterocycles. The molecule has 14 heavy (non-hydrogen) atoms. The van der Waals surface area contributed by atoms with E-state index in [1.165, 1.54) is 19.3 Å². The van der Waals surface area contributed by atoms with E-state index in [9.17, 15) is 0 Å². The molecule has 3 heteroatoms. The third-order valence-electron chi connectivity index (χ3n) is 3.20. The van der Waals surface area contributed by atoms with Crippen molar-refractivity contribution in [1.29, 1.82) is 0 Å². The summed E-state index contributed by atoms with van der Waals surface area (Å²) in [7, 11) is 1.72. The smallest absolute Gasteiger partial charge is 0.0817 e. The molecule has 1 rings (SSSR count). The van der Waals surface area contributed by atoms with Crippen molar-refractivity contribution in [1.82, 2.24) is 5.32 Å². The van der Waals surface area contributed by atoms with Crippen LogP contribution in [0.5, 0.6) is 0 Å². The van der Waals surface area contributed by atoms with E-state index < -0.39 is 0 Å². The Labute approximate surface area is 87.4 Å². The summed E-state index contributed by atoms with van der Waals surface area (Å²) >= 11 is 0. The van der Waals surface area contributed by atoms with Crippen LogP contribution in [-0.2, 0) is 4.74 Å². The Morgan fingerprint density at radius 1 is 1.57 bits per heavy atom. The number of rotatable bonds is 5. The van der Waals surface area contributed by atoms with Crippen molar-refractivity contribution in [3.8, 4) is 0 Å². The van der Waals surface area contributed by atoms with Gasteiger partial charge >= 0.3 is 0 Å². The molecule has 0 radical (unpaired) electrons. The Bertz CT molecular complexity index is 167. The first-order chi connectivity index (χ1) is 6.57. The molecule has 0 spiro atoms. The normalized spacial score (nSPS) is 27.9. The van der Waals surface area contributed by atoms with Crippen LogP contribution in [0.3, 0.4) is 0 Å². The molecule has 2 unspecified atom stereocenters. The minimum Gasteiger partial charge on any atom is -0.379 e. The summed E-state index contributed by atoms with van der Waals surface area (Å²) in [6.07, 6.45) is 4.05. The molecule has 84 valence electrons. The second-order valence-electron chi connectivity index (χ2n) is 5.11. The van der Waals surface area contributed by atoms with Gasteiger partial charge < -0.3 is 15.8 Å². The fourth-order valence-electron chi connectivity index (χ4n) is 2.17. The van der Waals surface area contributed by atoms with E-state index in [-0.39, 0.29) is 6.10 Å². The standard InChI is InChI=1S/C11H24N2O/c1-11(2)5-4-9(6-11)13-8-10(7-12)14-3/h9-10,13H,4-8,12H2,1-3H3. The summed E-state index contributed by atoms with van der Waals surface area (Å²) in [6, 6.07) is 0.661. The van der Waals surface area contributed by atoms with Gasteiger partial charge in [0.25, 0.3) is 0 Å². The van der Waals surface area contributed by atoms with E-state index in [1.54, 1.807) is 7.11 Å². The average molecular weight is 200 g/mol. The minimum absolute atomic E-state index is 0.165. The number of hydrogen-bond acceptors (Lipinski definition) is 3. The third-order valence-corrected chi connectivity index (χ3v) is 3.20. The minimum atomic E-state index is 0.165. The van der Waals surface area contributed by atoms with E-state index >= 15 is 0 Å². The lowest BCUT2D eigenvalue weighted by molar-refractivity contribution is 0.105. The summed E-state index contributed by atoms with van der Waals surface area (Å²) in [5.74, 6) is 0. The van der Waals surface area contributed by atoms with Crippen molar-refractivity contribution >= 4 is 0 Å². The maximum atomic E-state index is 5.56. The first-order valence-corrected chi connectivity index (χ1v) is 5.53.